The second-order valence-corrected chi connectivity index (χ2v) is 4.76. The van der Waals surface area contributed by atoms with Crippen LogP contribution in [0.3, 0.4) is 0 Å². The average molecular weight is 279 g/mol. The standard InChI is InChI=1S/C15H21NO4/c1-4-20-14-8-10(5-6-13(14)18-2)11-7-12(16-9-11)15(17)19-3/h5-6,8,11-12,16H,4,7,9H2,1-3H3/t11-,12-/m1/s1. The summed E-state index contributed by atoms with van der Waals surface area (Å²) in [5.41, 5.74) is 1.15. The van der Waals surface area contributed by atoms with Gasteiger partial charge >= 0.3 is 5.97 Å². The molecule has 5 nitrogen and oxygen atoms in total. The molecule has 2 rings (SSSR count). The number of carbonyl (C=O) groups is 1. The van der Waals surface area contributed by atoms with E-state index in [-0.39, 0.29) is 17.9 Å². The van der Waals surface area contributed by atoms with Crippen LogP contribution in [0.2, 0.25) is 0 Å². The lowest BCUT2D eigenvalue weighted by molar-refractivity contribution is -0.142. The lowest BCUT2D eigenvalue weighted by atomic mass is 9.96. The molecular formula is C15H21NO4. The molecule has 0 radical (unpaired) electrons. The minimum absolute atomic E-state index is 0.203. The van der Waals surface area contributed by atoms with Crippen molar-refractivity contribution >= 4 is 5.97 Å². The van der Waals surface area contributed by atoms with Crippen molar-refractivity contribution in [1.82, 2.24) is 5.32 Å². The number of hydrogen-bond donors (Lipinski definition) is 1. The van der Waals surface area contributed by atoms with Crippen LogP contribution in [0.5, 0.6) is 11.5 Å². The highest BCUT2D eigenvalue weighted by atomic mass is 16.5. The summed E-state index contributed by atoms with van der Waals surface area (Å²) < 4.78 is 15.6. The third kappa shape index (κ3) is 3.04. The van der Waals surface area contributed by atoms with Gasteiger partial charge in [0.1, 0.15) is 6.04 Å². The smallest absolute Gasteiger partial charge is 0.322 e. The Balaban J connectivity index is 2.13. The molecule has 1 aromatic carbocycles. The summed E-state index contributed by atoms with van der Waals surface area (Å²) in [6, 6.07) is 5.70. The maximum Gasteiger partial charge on any atom is 0.322 e. The zero-order chi connectivity index (χ0) is 14.5. The molecule has 0 aliphatic carbocycles. The topological polar surface area (TPSA) is 56.8 Å². The zero-order valence-corrected chi connectivity index (χ0v) is 12.1. The van der Waals surface area contributed by atoms with Gasteiger partial charge in [-0.3, -0.25) is 4.79 Å². The summed E-state index contributed by atoms with van der Waals surface area (Å²) in [6.45, 7) is 3.29. The van der Waals surface area contributed by atoms with Gasteiger partial charge in [-0.05, 0) is 37.0 Å². The predicted octanol–water partition coefficient (Wildman–Crippen LogP) is 1.71. The van der Waals surface area contributed by atoms with Crippen LogP contribution in [-0.4, -0.2) is 39.4 Å². The van der Waals surface area contributed by atoms with E-state index in [1.807, 2.05) is 25.1 Å². The van der Waals surface area contributed by atoms with Crippen molar-refractivity contribution in [2.45, 2.75) is 25.3 Å². The summed E-state index contributed by atoms with van der Waals surface area (Å²) in [7, 11) is 3.04. The molecule has 1 aromatic rings. The van der Waals surface area contributed by atoms with E-state index in [1.54, 1.807) is 7.11 Å². The molecule has 1 heterocycles. The molecule has 1 N–H and O–H groups in total. The number of esters is 1. The quantitative estimate of drug-likeness (QED) is 0.832. The van der Waals surface area contributed by atoms with E-state index >= 15 is 0 Å². The van der Waals surface area contributed by atoms with E-state index in [0.717, 1.165) is 30.0 Å². The number of nitrogens with one attached hydrogen (secondary N) is 1. The average Bonchev–Trinajstić information content (AvgIpc) is 2.96. The predicted molar refractivity (Wildman–Crippen MR) is 75.3 cm³/mol. The number of carbonyl (C=O) groups excluding carboxylic acids is 1. The molecular weight excluding hydrogens is 258 g/mol. The van der Waals surface area contributed by atoms with Gasteiger partial charge in [0.05, 0.1) is 20.8 Å². The lowest BCUT2D eigenvalue weighted by Gasteiger charge is -2.14. The molecule has 0 aromatic heterocycles. The fraction of sp³-hybridized carbons (Fsp3) is 0.533. The fourth-order valence-corrected chi connectivity index (χ4v) is 2.53. The summed E-state index contributed by atoms with van der Waals surface area (Å²) in [5.74, 6) is 1.55. The van der Waals surface area contributed by atoms with Crippen molar-refractivity contribution in [2.75, 3.05) is 27.4 Å². The van der Waals surface area contributed by atoms with Crippen molar-refractivity contribution in [3.8, 4) is 11.5 Å². The number of rotatable bonds is 5. The minimum Gasteiger partial charge on any atom is -0.493 e. The van der Waals surface area contributed by atoms with Crippen molar-refractivity contribution < 1.29 is 19.0 Å². The molecule has 1 saturated heterocycles. The normalized spacial score (nSPS) is 21.6. The third-order valence-corrected chi connectivity index (χ3v) is 3.58. The van der Waals surface area contributed by atoms with Crippen LogP contribution in [0, 0.1) is 0 Å². The van der Waals surface area contributed by atoms with Crippen molar-refractivity contribution in [3.63, 3.8) is 0 Å². The molecule has 110 valence electrons. The van der Waals surface area contributed by atoms with Gasteiger partial charge in [0.2, 0.25) is 0 Å². The first kappa shape index (κ1) is 14.7. The van der Waals surface area contributed by atoms with Crippen molar-refractivity contribution in [3.05, 3.63) is 23.8 Å². The first-order valence-corrected chi connectivity index (χ1v) is 6.81. The Morgan fingerprint density at radius 1 is 1.35 bits per heavy atom. The van der Waals surface area contributed by atoms with Gasteiger partial charge in [0.15, 0.2) is 11.5 Å². The van der Waals surface area contributed by atoms with Gasteiger partial charge in [0.25, 0.3) is 0 Å². The van der Waals surface area contributed by atoms with E-state index in [9.17, 15) is 4.79 Å². The van der Waals surface area contributed by atoms with Crippen molar-refractivity contribution in [1.29, 1.82) is 0 Å². The monoisotopic (exact) mass is 279 g/mol. The van der Waals surface area contributed by atoms with Crippen LogP contribution in [0.1, 0.15) is 24.8 Å². The van der Waals surface area contributed by atoms with Gasteiger partial charge in [-0.25, -0.2) is 0 Å². The zero-order valence-electron chi connectivity index (χ0n) is 12.1. The Labute approximate surface area is 119 Å². The molecule has 2 atom stereocenters. The van der Waals surface area contributed by atoms with Gasteiger partial charge in [-0.2, -0.15) is 0 Å². The molecule has 1 aliphatic rings. The number of benzene rings is 1. The van der Waals surface area contributed by atoms with E-state index in [4.69, 9.17) is 14.2 Å². The Kier molecular flexibility index (Phi) is 4.84. The van der Waals surface area contributed by atoms with E-state index in [2.05, 4.69) is 5.32 Å². The summed E-state index contributed by atoms with van der Waals surface area (Å²) in [5, 5.41) is 3.19. The Hall–Kier alpha value is -1.75. The van der Waals surface area contributed by atoms with Crippen LogP contribution >= 0.6 is 0 Å². The van der Waals surface area contributed by atoms with E-state index in [1.165, 1.54) is 7.11 Å². The second kappa shape index (κ2) is 6.61. The lowest BCUT2D eigenvalue weighted by Crippen LogP contribution is -2.31. The molecule has 20 heavy (non-hydrogen) atoms. The van der Waals surface area contributed by atoms with Crippen LogP contribution in [0.25, 0.3) is 0 Å². The van der Waals surface area contributed by atoms with Gasteiger partial charge in [0, 0.05) is 6.54 Å². The number of hydrogen-bond acceptors (Lipinski definition) is 5. The summed E-state index contributed by atoms with van der Waals surface area (Å²) >= 11 is 0. The minimum atomic E-state index is -0.220. The van der Waals surface area contributed by atoms with Crippen LogP contribution in [0.4, 0.5) is 0 Å². The van der Waals surface area contributed by atoms with Gasteiger partial charge in [-0.1, -0.05) is 6.07 Å². The molecule has 0 spiro atoms. The summed E-state index contributed by atoms with van der Waals surface area (Å²) in [6.07, 6.45) is 0.741. The molecule has 0 bridgehead atoms. The molecule has 0 amide bonds. The summed E-state index contributed by atoms with van der Waals surface area (Å²) in [4.78, 5) is 11.5. The van der Waals surface area contributed by atoms with Crippen molar-refractivity contribution in [2.24, 2.45) is 0 Å². The maximum atomic E-state index is 11.5. The van der Waals surface area contributed by atoms with Crippen LogP contribution in [-0.2, 0) is 9.53 Å². The van der Waals surface area contributed by atoms with Gasteiger partial charge < -0.3 is 19.5 Å². The molecule has 5 heteroatoms. The maximum absolute atomic E-state index is 11.5. The van der Waals surface area contributed by atoms with Gasteiger partial charge in [-0.15, -0.1) is 0 Å². The number of methoxy groups -OCH3 is 2. The second-order valence-electron chi connectivity index (χ2n) is 4.76. The van der Waals surface area contributed by atoms with Crippen LogP contribution < -0.4 is 14.8 Å². The Bertz CT molecular complexity index is 475. The highest BCUT2D eigenvalue weighted by Gasteiger charge is 2.31. The largest absolute Gasteiger partial charge is 0.493 e. The first-order valence-electron chi connectivity index (χ1n) is 6.81. The third-order valence-electron chi connectivity index (χ3n) is 3.58. The van der Waals surface area contributed by atoms with E-state index < -0.39 is 0 Å². The SMILES string of the molecule is CCOc1cc([C@H]2CN[C@@H](C(=O)OC)C2)ccc1OC. The Morgan fingerprint density at radius 2 is 2.15 bits per heavy atom. The van der Waals surface area contributed by atoms with E-state index in [0.29, 0.717) is 6.61 Å². The highest BCUT2D eigenvalue weighted by Crippen LogP contribution is 2.34. The Morgan fingerprint density at radius 3 is 2.80 bits per heavy atom. The molecule has 0 unspecified atom stereocenters. The first-order chi connectivity index (χ1) is 9.69. The highest BCUT2D eigenvalue weighted by molar-refractivity contribution is 5.76. The number of ether oxygens (including phenoxy) is 3. The molecule has 0 saturated carbocycles. The fourth-order valence-electron chi connectivity index (χ4n) is 2.53. The molecule has 1 fully saturated rings. The van der Waals surface area contributed by atoms with Crippen LogP contribution in [0.15, 0.2) is 18.2 Å². The molecule has 1 aliphatic heterocycles.